The first-order valence-corrected chi connectivity index (χ1v) is 6.60. The van der Waals surface area contributed by atoms with Crippen LogP contribution >= 0.6 is 0 Å². The van der Waals surface area contributed by atoms with E-state index in [0.717, 1.165) is 23.5 Å². The van der Waals surface area contributed by atoms with Crippen molar-refractivity contribution in [2.45, 2.75) is 25.8 Å². The largest absolute Gasteiger partial charge is 0.493 e. The minimum Gasteiger partial charge on any atom is -0.493 e. The van der Waals surface area contributed by atoms with Crippen LogP contribution in [0.4, 0.5) is 5.95 Å². The lowest BCUT2D eigenvalue weighted by Gasteiger charge is -2.09. The van der Waals surface area contributed by atoms with Crippen LogP contribution in [-0.4, -0.2) is 23.8 Å². The highest BCUT2D eigenvalue weighted by atomic mass is 16.5. The van der Waals surface area contributed by atoms with Gasteiger partial charge in [-0.15, -0.1) is 0 Å². The number of nitrogen functional groups attached to an aromatic ring is 1. The van der Waals surface area contributed by atoms with E-state index >= 15 is 0 Å². The lowest BCUT2D eigenvalue weighted by atomic mass is 10.2. The summed E-state index contributed by atoms with van der Waals surface area (Å²) in [7, 11) is 3.26. The minimum absolute atomic E-state index is 0.561. The zero-order valence-corrected chi connectivity index (χ0v) is 11.3. The van der Waals surface area contributed by atoms with E-state index < -0.39 is 0 Å². The molecule has 1 aliphatic rings. The first-order chi connectivity index (χ1) is 9.22. The Hall–Kier alpha value is -1.91. The summed E-state index contributed by atoms with van der Waals surface area (Å²) in [5.41, 5.74) is 7.88. The quantitative estimate of drug-likeness (QED) is 0.898. The molecule has 1 aromatic carbocycles. The van der Waals surface area contributed by atoms with Crippen molar-refractivity contribution in [3.8, 4) is 11.5 Å². The molecule has 0 aliphatic heterocycles. The van der Waals surface area contributed by atoms with Gasteiger partial charge in [-0.1, -0.05) is 12.8 Å². The summed E-state index contributed by atoms with van der Waals surface area (Å²) < 4.78 is 12.7. The molecule has 2 aromatic rings. The van der Waals surface area contributed by atoms with Crippen molar-refractivity contribution in [3.05, 3.63) is 12.1 Å². The molecule has 1 saturated carbocycles. The van der Waals surface area contributed by atoms with Gasteiger partial charge in [0.05, 0.1) is 25.3 Å². The predicted molar refractivity (Wildman–Crippen MR) is 74.6 cm³/mol. The van der Waals surface area contributed by atoms with Crippen molar-refractivity contribution >= 4 is 17.0 Å². The number of aryl methyl sites for hydroxylation is 1. The van der Waals surface area contributed by atoms with Crippen LogP contribution in [-0.2, 0) is 6.54 Å². The van der Waals surface area contributed by atoms with Gasteiger partial charge < -0.3 is 19.8 Å². The predicted octanol–water partition coefficient (Wildman–Crippen LogP) is 2.44. The number of aromatic nitrogens is 2. The van der Waals surface area contributed by atoms with Crippen LogP contribution in [0.15, 0.2) is 12.1 Å². The van der Waals surface area contributed by atoms with E-state index in [1.807, 2.05) is 12.1 Å². The molecule has 2 N–H and O–H groups in total. The van der Waals surface area contributed by atoms with Gasteiger partial charge in [0.2, 0.25) is 5.95 Å². The summed E-state index contributed by atoms with van der Waals surface area (Å²) >= 11 is 0. The van der Waals surface area contributed by atoms with Crippen LogP contribution in [0.3, 0.4) is 0 Å². The summed E-state index contributed by atoms with van der Waals surface area (Å²) in [6.45, 7) is 0.919. The number of fused-ring (bicyclic) bond motifs is 1. The number of methoxy groups -OCH3 is 2. The molecule has 0 radical (unpaired) electrons. The Labute approximate surface area is 112 Å². The smallest absolute Gasteiger partial charge is 0.201 e. The summed E-state index contributed by atoms with van der Waals surface area (Å²) in [4.78, 5) is 4.40. The number of hydrogen-bond donors (Lipinski definition) is 1. The second-order valence-electron chi connectivity index (χ2n) is 5.05. The first-order valence-electron chi connectivity index (χ1n) is 6.60. The van der Waals surface area contributed by atoms with Gasteiger partial charge in [-0.2, -0.15) is 0 Å². The molecule has 3 rings (SSSR count). The average Bonchev–Trinajstić information content (AvgIpc) is 3.19. The van der Waals surface area contributed by atoms with Crippen molar-refractivity contribution in [1.82, 2.24) is 9.55 Å². The molecule has 1 heterocycles. The van der Waals surface area contributed by atoms with Gasteiger partial charge in [0.1, 0.15) is 0 Å². The molecule has 0 saturated heterocycles. The summed E-state index contributed by atoms with van der Waals surface area (Å²) in [5, 5.41) is 0. The molecule has 1 aliphatic carbocycles. The number of benzene rings is 1. The monoisotopic (exact) mass is 261 g/mol. The minimum atomic E-state index is 0.561. The Balaban J connectivity index is 2.02. The molecule has 0 unspecified atom stereocenters. The number of hydrogen-bond acceptors (Lipinski definition) is 4. The third kappa shape index (κ3) is 2.20. The molecule has 0 spiro atoms. The second kappa shape index (κ2) is 4.64. The number of anilines is 1. The van der Waals surface area contributed by atoms with Gasteiger partial charge in [0.15, 0.2) is 11.5 Å². The Morgan fingerprint density at radius 2 is 1.95 bits per heavy atom. The zero-order valence-electron chi connectivity index (χ0n) is 11.3. The molecule has 19 heavy (non-hydrogen) atoms. The van der Waals surface area contributed by atoms with E-state index in [1.165, 1.54) is 19.3 Å². The Morgan fingerprint density at radius 1 is 1.26 bits per heavy atom. The number of ether oxygens (including phenoxy) is 2. The SMILES string of the molecule is COc1cc2nc(N)n(CCC3CC3)c2cc1OC. The maximum Gasteiger partial charge on any atom is 0.201 e. The van der Waals surface area contributed by atoms with Crippen molar-refractivity contribution < 1.29 is 9.47 Å². The van der Waals surface area contributed by atoms with Gasteiger partial charge in [-0.25, -0.2) is 4.98 Å². The zero-order chi connectivity index (χ0) is 13.4. The average molecular weight is 261 g/mol. The molecular formula is C14H19N3O2. The number of nitrogens with two attached hydrogens (primary N) is 1. The molecule has 0 amide bonds. The van der Waals surface area contributed by atoms with E-state index in [2.05, 4.69) is 9.55 Å². The topological polar surface area (TPSA) is 62.3 Å². The molecular weight excluding hydrogens is 242 g/mol. The highest BCUT2D eigenvalue weighted by molar-refractivity contribution is 5.82. The van der Waals surface area contributed by atoms with Crippen LogP contribution in [0.2, 0.25) is 0 Å². The Kier molecular flexibility index (Phi) is 2.97. The molecule has 1 fully saturated rings. The number of nitrogens with zero attached hydrogens (tertiary/aromatic N) is 2. The first kappa shape index (κ1) is 12.1. The Morgan fingerprint density at radius 3 is 2.58 bits per heavy atom. The third-order valence-electron chi connectivity index (χ3n) is 3.74. The molecule has 1 aromatic heterocycles. The van der Waals surface area contributed by atoms with Crippen LogP contribution in [0.25, 0.3) is 11.0 Å². The van der Waals surface area contributed by atoms with Gasteiger partial charge >= 0.3 is 0 Å². The third-order valence-corrected chi connectivity index (χ3v) is 3.74. The summed E-state index contributed by atoms with van der Waals surface area (Å²) in [6.07, 6.45) is 3.87. The highest BCUT2D eigenvalue weighted by Crippen LogP contribution is 2.35. The molecule has 0 atom stereocenters. The maximum atomic E-state index is 6.01. The van der Waals surface area contributed by atoms with Crippen molar-refractivity contribution in [3.63, 3.8) is 0 Å². The number of rotatable bonds is 5. The van der Waals surface area contributed by atoms with Crippen LogP contribution < -0.4 is 15.2 Å². The summed E-state index contributed by atoms with van der Waals surface area (Å²) in [5.74, 6) is 2.83. The standard InChI is InChI=1S/C14H19N3O2/c1-18-12-7-10-11(8-13(12)19-2)17(14(15)16-10)6-5-9-3-4-9/h7-9H,3-6H2,1-2H3,(H2,15,16). The number of imidazole rings is 1. The van der Waals surface area contributed by atoms with Crippen LogP contribution in [0.1, 0.15) is 19.3 Å². The van der Waals surface area contributed by atoms with E-state index in [4.69, 9.17) is 15.2 Å². The van der Waals surface area contributed by atoms with Crippen molar-refractivity contribution in [1.29, 1.82) is 0 Å². The van der Waals surface area contributed by atoms with Gasteiger partial charge in [-0.05, 0) is 12.3 Å². The fourth-order valence-corrected chi connectivity index (χ4v) is 2.42. The van der Waals surface area contributed by atoms with Crippen molar-refractivity contribution in [2.75, 3.05) is 20.0 Å². The van der Waals surface area contributed by atoms with Crippen LogP contribution in [0, 0.1) is 5.92 Å². The normalized spacial score (nSPS) is 14.8. The van der Waals surface area contributed by atoms with Crippen molar-refractivity contribution in [2.24, 2.45) is 5.92 Å². The second-order valence-corrected chi connectivity index (χ2v) is 5.05. The van der Waals surface area contributed by atoms with Gasteiger partial charge in [-0.3, -0.25) is 0 Å². The maximum absolute atomic E-state index is 6.01. The lowest BCUT2D eigenvalue weighted by Crippen LogP contribution is -2.04. The molecule has 5 heteroatoms. The fraction of sp³-hybridized carbons (Fsp3) is 0.500. The molecule has 5 nitrogen and oxygen atoms in total. The van der Waals surface area contributed by atoms with E-state index in [9.17, 15) is 0 Å². The molecule has 102 valence electrons. The van der Waals surface area contributed by atoms with Gasteiger partial charge in [0.25, 0.3) is 0 Å². The molecule has 0 bridgehead atoms. The van der Waals surface area contributed by atoms with E-state index in [0.29, 0.717) is 17.4 Å². The lowest BCUT2D eigenvalue weighted by molar-refractivity contribution is 0.355. The Bertz CT molecular complexity index is 602. The van der Waals surface area contributed by atoms with Crippen LogP contribution in [0.5, 0.6) is 11.5 Å². The van der Waals surface area contributed by atoms with E-state index in [-0.39, 0.29) is 0 Å². The van der Waals surface area contributed by atoms with E-state index in [1.54, 1.807) is 14.2 Å². The van der Waals surface area contributed by atoms with Gasteiger partial charge in [0, 0.05) is 18.7 Å². The fourth-order valence-electron chi connectivity index (χ4n) is 2.42. The summed E-state index contributed by atoms with van der Waals surface area (Å²) in [6, 6.07) is 3.82. The highest BCUT2D eigenvalue weighted by Gasteiger charge is 2.22.